The maximum absolute atomic E-state index is 12.7. The van der Waals surface area contributed by atoms with Gasteiger partial charge in [-0.2, -0.15) is 17.0 Å². The quantitative estimate of drug-likeness (QED) is 0.730. The number of morpholine rings is 1. The smallest absolute Gasteiger partial charge is 0.282 e. The van der Waals surface area contributed by atoms with E-state index in [9.17, 15) is 8.42 Å². The summed E-state index contributed by atoms with van der Waals surface area (Å²) in [6.45, 7) is 5.48. The lowest BCUT2D eigenvalue weighted by Gasteiger charge is -2.39. The van der Waals surface area contributed by atoms with Crippen molar-refractivity contribution in [1.82, 2.24) is 13.5 Å². The molecule has 9 heteroatoms. The molecule has 144 valence electrons. The third kappa shape index (κ3) is 3.81. The van der Waals surface area contributed by atoms with E-state index in [0.29, 0.717) is 59.1 Å². The topological polar surface area (TPSA) is 71.6 Å². The molecule has 0 aromatic heterocycles. The molecule has 0 N–H and O–H groups in total. The summed E-state index contributed by atoms with van der Waals surface area (Å²) in [5, 5.41) is 0. The number of hydrogen-bond acceptors (Lipinski definition) is 6. The molecule has 8 nitrogen and oxygen atoms in total. The SMILES string of the molecule is O=S(=O)(N1CCOCC1)N1CCN(CC2COc3ccccc3O2)CC1. The van der Waals surface area contributed by atoms with E-state index in [0.717, 1.165) is 18.0 Å². The molecule has 0 aliphatic carbocycles. The van der Waals surface area contributed by atoms with Crippen LogP contribution in [0.4, 0.5) is 0 Å². The molecular formula is C17H25N3O5S. The highest BCUT2D eigenvalue weighted by molar-refractivity contribution is 7.86. The fourth-order valence-electron chi connectivity index (χ4n) is 3.52. The number of fused-ring (bicyclic) bond motifs is 1. The average Bonchev–Trinajstić information content (AvgIpc) is 2.69. The van der Waals surface area contributed by atoms with E-state index in [1.54, 1.807) is 4.31 Å². The second kappa shape index (κ2) is 7.69. The minimum atomic E-state index is -3.38. The summed E-state index contributed by atoms with van der Waals surface area (Å²) in [6.07, 6.45) is -0.0349. The molecule has 0 bridgehead atoms. The minimum absolute atomic E-state index is 0.0349. The molecule has 1 aromatic rings. The van der Waals surface area contributed by atoms with Gasteiger partial charge in [-0.3, -0.25) is 4.90 Å². The van der Waals surface area contributed by atoms with E-state index in [-0.39, 0.29) is 6.10 Å². The highest BCUT2D eigenvalue weighted by Gasteiger charge is 2.34. The molecule has 3 aliphatic rings. The number of rotatable bonds is 4. The van der Waals surface area contributed by atoms with Gasteiger partial charge in [-0.1, -0.05) is 12.1 Å². The number of nitrogens with zero attached hydrogens (tertiary/aromatic N) is 3. The number of para-hydroxylation sites is 2. The van der Waals surface area contributed by atoms with Crippen molar-refractivity contribution >= 4 is 10.2 Å². The van der Waals surface area contributed by atoms with Crippen LogP contribution in [0.1, 0.15) is 0 Å². The molecule has 1 unspecified atom stereocenters. The Labute approximate surface area is 154 Å². The first kappa shape index (κ1) is 18.0. The highest BCUT2D eigenvalue weighted by Crippen LogP contribution is 2.31. The Hall–Kier alpha value is -1.39. The van der Waals surface area contributed by atoms with Gasteiger partial charge < -0.3 is 14.2 Å². The fourth-order valence-corrected chi connectivity index (χ4v) is 5.09. The van der Waals surface area contributed by atoms with Crippen LogP contribution in [0.2, 0.25) is 0 Å². The second-order valence-corrected chi connectivity index (χ2v) is 8.64. The van der Waals surface area contributed by atoms with Crippen LogP contribution in [0.15, 0.2) is 24.3 Å². The molecule has 1 aromatic carbocycles. The van der Waals surface area contributed by atoms with Crippen molar-refractivity contribution in [2.45, 2.75) is 6.10 Å². The van der Waals surface area contributed by atoms with E-state index >= 15 is 0 Å². The summed E-state index contributed by atoms with van der Waals surface area (Å²) >= 11 is 0. The first-order valence-electron chi connectivity index (χ1n) is 9.07. The largest absolute Gasteiger partial charge is 0.486 e. The maximum atomic E-state index is 12.7. The van der Waals surface area contributed by atoms with Crippen molar-refractivity contribution in [3.8, 4) is 11.5 Å². The summed E-state index contributed by atoms with van der Waals surface area (Å²) < 4.78 is 45.5. The van der Waals surface area contributed by atoms with Gasteiger partial charge in [0.2, 0.25) is 0 Å². The zero-order chi connectivity index (χ0) is 18.0. The van der Waals surface area contributed by atoms with Gasteiger partial charge in [-0.05, 0) is 12.1 Å². The van der Waals surface area contributed by atoms with Gasteiger partial charge in [0.05, 0.1) is 13.2 Å². The predicted molar refractivity (Wildman–Crippen MR) is 95.7 cm³/mol. The lowest BCUT2D eigenvalue weighted by atomic mass is 10.2. The summed E-state index contributed by atoms with van der Waals surface area (Å²) in [7, 11) is -3.38. The van der Waals surface area contributed by atoms with Gasteiger partial charge in [0.25, 0.3) is 10.2 Å². The Balaban J connectivity index is 1.29. The Morgan fingerprint density at radius 3 is 2.31 bits per heavy atom. The summed E-state index contributed by atoms with van der Waals surface area (Å²) in [6, 6.07) is 7.67. The second-order valence-electron chi connectivity index (χ2n) is 6.72. The molecule has 26 heavy (non-hydrogen) atoms. The van der Waals surface area contributed by atoms with Crippen molar-refractivity contribution < 1.29 is 22.6 Å². The molecule has 2 saturated heterocycles. The van der Waals surface area contributed by atoms with E-state index < -0.39 is 10.2 Å². The van der Waals surface area contributed by atoms with Crippen molar-refractivity contribution in [3.05, 3.63) is 24.3 Å². The zero-order valence-corrected chi connectivity index (χ0v) is 15.6. The number of piperazine rings is 1. The Bertz CT molecular complexity index is 715. The molecule has 2 fully saturated rings. The van der Waals surface area contributed by atoms with Crippen molar-refractivity contribution in [2.75, 3.05) is 65.6 Å². The standard InChI is InChI=1S/C17H25N3O5S/c21-26(22,20-9-11-23-12-10-20)19-7-5-18(6-8-19)13-15-14-24-16-3-1-2-4-17(16)25-15/h1-4,15H,5-14H2. The molecule has 0 spiro atoms. The van der Waals surface area contributed by atoms with Crippen molar-refractivity contribution in [1.29, 1.82) is 0 Å². The van der Waals surface area contributed by atoms with E-state index in [2.05, 4.69) is 4.90 Å². The normalized spacial score (nSPS) is 25.9. The van der Waals surface area contributed by atoms with E-state index in [1.807, 2.05) is 24.3 Å². The summed E-state index contributed by atoms with van der Waals surface area (Å²) in [4.78, 5) is 2.24. The molecule has 1 atom stereocenters. The van der Waals surface area contributed by atoms with E-state index in [1.165, 1.54) is 4.31 Å². The maximum Gasteiger partial charge on any atom is 0.282 e. The van der Waals surface area contributed by atoms with Crippen LogP contribution >= 0.6 is 0 Å². The van der Waals surface area contributed by atoms with Crippen LogP contribution in [-0.2, 0) is 14.9 Å². The van der Waals surface area contributed by atoms with Crippen LogP contribution < -0.4 is 9.47 Å². The van der Waals surface area contributed by atoms with Crippen LogP contribution in [-0.4, -0.2) is 93.7 Å². The average molecular weight is 383 g/mol. The minimum Gasteiger partial charge on any atom is -0.486 e. The van der Waals surface area contributed by atoms with Gasteiger partial charge >= 0.3 is 0 Å². The lowest BCUT2D eigenvalue weighted by molar-refractivity contribution is 0.0466. The van der Waals surface area contributed by atoms with Crippen molar-refractivity contribution in [3.63, 3.8) is 0 Å². The molecule has 0 amide bonds. The van der Waals surface area contributed by atoms with Gasteiger partial charge in [0.1, 0.15) is 12.7 Å². The van der Waals surface area contributed by atoms with Gasteiger partial charge in [0.15, 0.2) is 11.5 Å². The fraction of sp³-hybridized carbons (Fsp3) is 0.647. The molecule has 3 heterocycles. The Kier molecular flexibility index (Phi) is 5.32. The van der Waals surface area contributed by atoms with Gasteiger partial charge in [0, 0.05) is 45.8 Å². The lowest BCUT2D eigenvalue weighted by Crippen LogP contribution is -2.56. The number of ether oxygens (including phenoxy) is 3. The first-order valence-corrected chi connectivity index (χ1v) is 10.5. The Morgan fingerprint density at radius 1 is 0.923 bits per heavy atom. The van der Waals surface area contributed by atoms with E-state index in [4.69, 9.17) is 14.2 Å². The molecular weight excluding hydrogens is 358 g/mol. The molecule has 3 aliphatic heterocycles. The van der Waals surface area contributed by atoms with Gasteiger partial charge in [-0.15, -0.1) is 0 Å². The highest BCUT2D eigenvalue weighted by atomic mass is 32.2. The first-order chi connectivity index (χ1) is 12.6. The predicted octanol–water partition coefficient (Wildman–Crippen LogP) is 0.0210. The third-order valence-corrected chi connectivity index (χ3v) is 7.02. The number of benzene rings is 1. The van der Waals surface area contributed by atoms with Gasteiger partial charge in [-0.25, -0.2) is 0 Å². The molecule has 4 rings (SSSR count). The monoisotopic (exact) mass is 383 g/mol. The van der Waals surface area contributed by atoms with Crippen LogP contribution in [0.3, 0.4) is 0 Å². The summed E-state index contributed by atoms with van der Waals surface area (Å²) in [5.41, 5.74) is 0. The third-order valence-electron chi connectivity index (χ3n) is 4.98. The molecule has 0 radical (unpaired) electrons. The van der Waals surface area contributed by atoms with Crippen LogP contribution in [0.25, 0.3) is 0 Å². The van der Waals surface area contributed by atoms with Crippen molar-refractivity contribution in [2.24, 2.45) is 0 Å². The van der Waals surface area contributed by atoms with Crippen LogP contribution in [0, 0.1) is 0 Å². The molecule has 0 saturated carbocycles. The zero-order valence-electron chi connectivity index (χ0n) is 14.7. The van der Waals surface area contributed by atoms with Crippen LogP contribution in [0.5, 0.6) is 11.5 Å². The Morgan fingerprint density at radius 2 is 1.58 bits per heavy atom. The number of hydrogen-bond donors (Lipinski definition) is 0. The summed E-state index contributed by atoms with van der Waals surface area (Å²) in [5.74, 6) is 1.56.